The maximum atomic E-state index is 13.2. The van der Waals surface area contributed by atoms with Gasteiger partial charge in [0.05, 0.1) is 27.8 Å². The van der Waals surface area contributed by atoms with E-state index in [1.807, 2.05) is 0 Å². The summed E-state index contributed by atoms with van der Waals surface area (Å²) in [6, 6.07) is 6.49. The van der Waals surface area contributed by atoms with Crippen LogP contribution in [0.1, 0.15) is 0 Å². The van der Waals surface area contributed by atoms with E-state index in [1.165, 1.54) is 29.1 Å². The normalized spacial score (nSPS) is 11.6. The van der Waals surface area contributed by atoms with E-state index in [-0.39, 0.29) is 11.2 Å². The molecule has 0 aliphatic carbocycles. The Morgan fingerprint density at radius 2 is 1.83 bits per heavy atom. The van der Waals surface area contributed by atoms with Crippen molar-refractivity contribution in [2.45, 2.75) is 4.90 Å². The van der Waals surface area contributed by atoms with Crippen molar-refractivity contribution in [1.82, 2.24) is 9.55 Å². The molecule has 24 heavy (non-hydrogen) atoms. The van der Waals surface area contributed by atoms with Gasteiger partial charge in [-0.15, -0.1) is 0 Å². The van der Waals surface area contributed by atoms with Crippen molar-refractivity contribution in [3.8, 4) is 0 Å². The average Bonchev–Trinajstić information content (AvgIpc) is 2.53. The molecule has 0 spiro atoms. The number of aromatic nitrogens is 2. The maximum absolute atomic E-state index is 13.2. The first-order chi connectivity index (χ1) is 11.3. The summed E-state index contributed by atoms with van der Waals surface area (Å²) in [7, 11) is -2.56. The van der Waals surface area contributed by atoms with Crippen LogP contribution >= 0.6 is 0 Å². The third kappa shape index (κ3) is 2.85. The summed E-state index contributed by atoms with van der Waals surface area (Å²) >= 11 is 0. The van der Waals surface area contributed by atoms with Crippen molar-refractivity contribution in [2.75, 3.05) is 4.72 Å². The number of nitrogens with one attached hydrogen (secondary N) is 1. The number of nitrogens with zero attached hydrogens (tertiary/aromatic N) is 2. The van der Waals surface area contributed by atoms with Crippen molar-refractivity contribution >= 4 is 26.6 Å². The van der Waals surface area contributed by atoms with Crippen LogP contribution in [0.15, 0.2) is 52.4 Å². The minimum Gasteiger partial charge on any atom is -0.302 e. The van der Waals surface area contributed by atoms with Crippen LogP contribution in [0.3, 0.4) is 0 Å². The summed E-state index contributed by atoms with van der Waals surface area (Å²) in [4.78, 5) is 15.6. The number of sulfonamides is 1. The van der Waals surface area contributed by atoms with E-state index in [2.05, 4.69) is 9.71 Å². The zero-order valence-corrected chi connectivity index (χ0v) is 13.1. The Hall–Kier alpha value is -2.81. The second kappa shape index (κ2) is 5.68. The Balaban J connectivity index is 2.00. The monoisotopic (exact) mass is 351 g/mol. The molecule has 0 bridgehead atoms. The van der Waals surface area contributed by atoms with Gasteiger partial charge in [-0.05, 0) is 36.4 Å². The molecule has 2 aromatic carbocycles. The first-order valence-corrected chi connectivity index (χ1v) is 8.19. The number of fused-ring (bicyclic) bond motifs is 1. The molecule has 3 aromatic rings. The molecule has 0 saturated carbocycles. The summed E-state index contributed by atoms with van der Waals surface area (Å²) in [5.41, 5.74) is 0.187. The predicted octanol–water partition coefficient (Wildman–Crippen LogP) is 2.01. The maximum Gasteiger partial charge on any atom is 0.262 e. The highest BCUT2D eigenvalue weighted by molar-refractivity contribution is 7.92. The minimum atomic E-state index is -4.11. The highest BCUT2D eigenvalue weighted by atomic mass is 32.2. The zero-order chi connectivity index (χ0) is 17.5. The van der Waals surface area contributed by atoms with Gasteiger partial charge < -0.3 is 4.57 Å². The molecule has 0 atom stereocenters. The Labute approximate surface area is 135 Å². The summed E-state index contributed by atoms with van der Waals surface area (Å²) in [5.74, 6) is -2.40. The van der Waals surface area contributed by atoms with E-state index < -0.39 is 26.6 Å². The van der Waals surface area contributed by atoms with Crippen LogP contribution in [-0.4, -0.2) is 18.0 Å². The van der Waals surface area contributed by atoms with Gasteiger partial charge in [0, 0.05) is 7.05 Å². The van der Waals surface area contributed by atoms with E-state index in [0.29, 0.717) is 17.0 Å². The Morgan fingerprint density at radius 1 is 1.08 bits per heavy atom. The lowest BCUT2D eigenvalue weighted by molar-refractivity contribution is 0.504. The Kier molecular flexibility index (Phi) is 3.80. The molecule has 0 saturated heterocycles. The fourth-order valence-corrected chi connectivity index (χ4v) is 3.19. The first kappa shape index (κ1) is 16.1. The summed E-state index contributed by atoms with van der Waals surface area (Å²) < 4.78 is 54.2. The Morgan fingerprint density at radius 3 is 2.54 bits per heavy atom. The van der Waals surface area contributed by atoms with Crippen LogP contribution in [0.2, 0.25) is 0 Å². The van der Waals surface area contributed by atoms with Crippen LogP contribution in [-0.2, 0) is 17.1 Å². The molecule has 0 amide bonds. The second-order valence-corrected chi connectivity index (χ2v) is 6.76. The van der Waals surface area contributed by atoms with Crippen molar-refractivity contribution in [2.24, 2.45) is 7.05 Å². The van der Waals surface area contributed by atoms with Gasteiger partial charge in [-0.2, -0.15) is 0 Å². The van der Waals surface area contributed by atoms with Gasteiger partial charge in [0.15, 0.2) is 11.6 Å². The number of hydrogen-bond donors (Lipinski definition) is 1. The number of rotatable bonds is 3. The topological polar surface area (TPSA) is 81.1 Å². The van der Waals surface area contributed by atoms with Crippen LogP contribution in [0.5, 0.6) is 0 Å². The number of hydrogen-bond acceptors (Lipinski definition) is 4. The molecule has 0 aliphatic heterocycles. The molecule has 0 aliphatic rings. The molecule has 0 radical (unpaired) electrons. The molecule has 0 unspecified atom stereocenters. The third-order valence-electron chi connectivity index (χ3n) is 3.37. The molecule has 1 heterocycles. The lowest BCUT2D eigenvalue weighted by Crippen LogP contribution is -2.17. The van der Waals surface area contributed by atoms with Crippen LogP contribution in [0.4, 0.5) is 14.5 Å². The number of benzene rings is 2. The number of aryl methyl sites for hydroxylation is 1. The predicted molar refractivity (Wildman–Crippen MR) is 84.2 cm³/mol. The highest BCUT2D eigenvalue weighted by Gasteiger charge is 2.17. The summed E-state index contributed by atoms with van der Waals surface area (Å²) in [5, 5.41) is 0.329. The molecule has 3 rings (SSSR count). The van der Waals surface area contributed by atoms with E-state index in [1.54, 1.807) is 7.05 Å². The average molecular weight is 351 g/mol. The summed E-state index contributed by atoms with van der Waals surface area (Å²) in [6.45, 7) is 0. The smallest absolute Gasteiger partial charge is 0.262 e. The minimum absolute atomic E-state index is 0.146. The number of halogens is 2. The molecule has 124 valence electrons. The lowest BCUT2D eigenvalue weighted by Gasteiger charge is -2.09. The highest BCUT2D eigenvalue weighted by Crippen LogP contribution is 2.20. The van der Waals surface area contributed by atoms with Gasteiger partial charge in [-0.1, -0.05) is 0 Å². The van der Waals surface area contributed by atoms with Crippen molar-refractivity contribution < 1.29 is 17.2 Å². The van der Waals surface area contributed by atoms with Gasteiger partial charge in [-0.3, -0.25) is 9.52 Å². The van der Waals surface area contributed by atoms with Crippen molar-refractivity contribution in [3.05, 3.63) is 64.7 Å². The van der Waals surface area contributed by atoms with Gasteiger partial charge in [0.1, 0.15) is 0 Å². The standard InChI is InChI=1S/C15H11F2N3O3S/c1-20-8-18-14-6-9(2-4-11(14)15(20)21)19-24(22,23)10-3-5-12(16)13(17)7-10/h2-8,19H,1H3. The SMILES string of the molecule is Cn1cnc2cc(NS(=O)(=O)c3ccc(F)c(F)c3)ccc2c1=O. The van der Waals surface area contributed by atoms with Crippen LogP contribution < -0.4 is 10.3 Å². The van der Waals surface area contributed by atoms with E-state index in [9.17, 15) is 22.0 Å². The van der Waals surface area contributed by atoms with Crippen LogP contribution in [0, 0.1) is 11.6 Å². The fraction of sp³-hybridized carbons (Fsp3) is 0.0667. The Bertz CT molecular complexity index is 1110. The van der Waals surface area contributed by atoms with Crippen molar-refractivity contribution in [1.29, 1.82) is 0 Å². The quantitative estimate of drug-likeness (QED) is 0.783. The van der Waals surface area contributed by atoms with Gasteiger partial charge >= 0.3 is 0 Å². The zero-order valence-electron chi connectivity index (χ0n) is 12.3. The molecule has 6 nitrogen and oxygen atoms in total. The molecule has 9 heteroatoms. The third-order valence-corrected chi connectivity index (χ3v) is 4.75. The molecular weight excluding hydrogens is 340 g/mol. The van der Waals surface area contributed by atoms with Gasteiger partial charge in [0.2, 0.25) is 0 Å². The fourth-order valence-electron chi connectivity index (χ4n) is 2.13. The van der Waals surface area contributed by atoms with E-state index in [4.69, 9.17) is 0 Å². The van der Waals surface area contributed by atoms with Gasteiger partial charge in [0.25, 0.3) is 15.6 Å². The number of anilines is 1. The first-order valence-electron chi connectivity index (χ1n) is 6.71. The molecule has 1 N–H and O–H groups in total. The molecule has 1 aromatic heterocycles. The molecular formula is C15H11F2N3O3S. The van der Waals surface area contributed by atoms with Gasteiger partial charge in [-0.25, -0.2) is 22.2 Å². The van der Waals surface area contributed by atoms with Crippen LogP contribution in [0.25, 0.3) is 10.9 Å². The van der Waals surface area contributed by atoms with E-state index in [0.717, 1.165) is 12.1 Å². The summed E-state index contributed by atoms with van der Waals surface area (Å²) in [6.07, 6.45) is 1.32. The second-order valence-electron chi connectivity index (χ2n) is 5.07. The van der Waals surface area contributed by atoms with Crippen molar-refractivity contribution in [3.63, 3.8) is 0 Å². The lowest BCUT2D eigenvalue weighted by atomic mass is 10.2. The largest absolute Gasteiger partial charge is 0.302 e. The molecule has 0 fully saturated rings. The van der Waals surface area contributed by atoms with E-state index >= 15 is 0 Å².